The minimum atomic E-state index is -0.0921. The molecule has 0 bridgehead atoms. The van der Waals surface area contributed by atoms with Gasteiger partial charge >= 0.3 is 0 Å². The molecular formula is C15H17N7OS2. The predicted molar refractivity (Wildman–Crippen MR) is 94.7 cm³/mol. The normalized spacial score (nSPS) is 17.1. The van der Waals surface area contributed by atoms with Crippen LogP contribution in [0.2, 0.25) is 0 Å². The fourth-order valence-electron chi connectivity index (χ4n) is 2.98. The van der Waals surface area contributed by atoms with E-state index in [1.807, 2.05) is 12.3 Å². The number of nitrogens with zero attached hydrogens (tertiary/aromatic N) is 6. The van der Waals surface area contributed by atoms with E-state index < -0.39 is 0 Å². The lowest BCUT2D eigenvalue weighted by atomic mass is 10.1. The summed E-state index contributed by atoms with van der Waals surface area (Å²) >= 11 is 2.74. The summed E-state index contributed by atoms with van der Waals surface area (Å²) in [7, 11) is 0. The van der Waals surface area contributed by atoms with E-state index in [9.17, 15) is 4.79 Å². The van der Waals surface area contributed by atoms with E-state index in [1.54, 1.807) is 18.3 Å². The van der Waals surface area contributed by atoms with Crippen molar-refractivity contribution >= 4 is 28.8 Å². The van der Waals surface area contributed by atoms with Crippen LogP contribution < -0.4 is 5.32 Å². The zero-order valence-corrected chi connectivity index (χ0v) is 15.5. The molecule has 3 aromatic rings. The summed E-state index contributed by atoms with van der Waals surface area (Å²) in [6, 6.07) is 0.0979. The van der Waals surface area contributed by atoms with Crippen LogP contribution in [0.4, 0.5) is 0 Å². The molecule has 3 aromatic heterocycles. The van der Waals surface area contributed by atoms with E-state index in [1.165, 1.54) is 0 Å². The molecule has 0 saturated heterocycles. The zero-order chi connectivity index (χ0) is 17.4. The second kappa shape index (κ2) is 6.60. The highest BCUT2D eigenvalue weighted by molar-refractivity contribution is 7.09. The molecule has 1 aliphatic heterocycles. The first-order chi connectivity index (χ1) is 12.1. The van der Waals surface area contributed by atoms with Gasteiger partial charge in [-0.25, -0.2) is 4.98 Å². The van der Waals surface area contributed by atoms with Gasteiger partial charge in [-0.05, 0) is 38.2 Å². The fraction of sp³-hybridized carbons (Fsp3) is 0.467. The first-order valence-corrected chi connectivity index (χ1v) is 9.71. The van der Waals surface area contributed by atoms with Gasteiger partial charge in [0.2, 0.25) is 0 Å². The van der Waals surface area contributed by atoms with Gasteiger partial charge in [0.15, 0.2) is 5.82 Å². The molecule has 25 heavy (non-hydrogen) atoms. The number of aryl methyl sites for hydroxylation is 3. The van der Waals surface area contributed by atoms with E-state index >= 15 is 0 Å². The van der Waals surface area contributed by atoms with Crippen LogP contribution in [0.5, 0.6) is 0 Å². The monoisotopic (exact) mass is 375 g/mol. The summed E-state index contributed by atoms with van der Waals surface area (Å²) in [6.07, 6.45) is 2.45. The number of hydrogen-bond donors (Lipinski definition) is 1. The molecular weight excluding hydrogens is 358 g/mol. The van der Waals surface area contributed by atoms with Gasteiger partial charge in [0.05, 0.1) is 10.7 Å². The molecule has 0 spiro atoms. The van der Waals surface area contributed by atoms with Gasteiger partial charge in [-0.2, -0.15) is 0 Å². The summed E-state index contributed by atoms with van der Waals surface area (Å²) in [4.78, 5) is 17.5. The van der Waals surface area contributed by atoms with Crippen LogP contribution in [0.3, 0.4) is 0 Å². The quantitative estimate of drug-likeness (QED) is 0.752. The summed E-state index contributed by atoms with van der Waals surface area (Å²) in [5.74, 6) is 1.67. The van der Waals surface area contributed by atoms with Crippen molar-refractivity contribution in [1.82, 2.24) is 34.7 Å². The number of amides is 1. The average Bonchev–Trinajstić information content (AvgIpc) is 3.27. The van der Waals surface area contributed by atoms with E-state index in [2.05, 4.69) is 34.7 Å². The van der Waals surface area contributed by atoms with Crippen LogP contribution in [-0.2, 0) is 13.0 Å². The lowest BCUT2D eigenvalue weighted by molar-refractivity contribution is 0.0936. The number of aromatic nitrogens is 6. The summed E-state index contributed by atoms with van der Waals surface area (Å²) in [6.45, 7) is 4.55. The molecule has 10 heteroatoms. The molecule has 1 N–H and O–H groups in total. The van der Waals surface area contributed by atoms with Crippen LogP contribution in [0.15, 0.2) is 5.38 Å². The molecule has 0 aliphatic carbocycles. The van der Waals surface area contributed by atoms with Gasteiger partial charge in [-0.1, -0.05) is 4.49 Å². The number of rotatable bonds is 3. The summed E-state index contributed by atoms with van der Waals surface area (Å²) in [5.41, 5.74) is 1.55. The van der Waals surface area contributed by atoms with E-state index in [0.29, 0.717) is 10.6 Å². The largest absolute Gasteiger partial charge is 0.348 e. The summed E-state index contributed by atoms with van der Waals surface area (Å²) < 4.78 is 5.95. The van der Waals surface area contributed by atoms with Gasteiger partial charge in [-0.15, -0.1) is 26.6 Å². The Balaban J connectivity index is 1.48. The minimum absolute atomic E-state index is 0.0921. The second-order valence-electron chi connectivity index (χ2n) is 6.03. The van der Waals surface area contributed by atoms with Crippen molar-refractivity contribution in [2.24, 2.45) is 0 Å². The molecule has 1 atom stereocenters. The zero-order valence-electron chi connectivity index (χ0n) is 13.9. The minimum Gasteiger partial charge on any atom is -0.348 e. The Morgan fingerprint density at radius 2 is 2.16 bits per heavy atom. The smallest absolute Gasteiger partial charge is 0.265 e. The molecule has 1 amide bonds. The first kappa shape index (κ1) is 16.3. The SMILES string of the molecule is Cc1nc(-c2nnc3n2CCC(NC(=O)c2snnc2C)CC3)cs1. The lowest BCUT2D eigenvalue weighted by Gasteiger charge is -2.15. The Morgan fingerprint density at radius 3 is 2.88 bits per heavy atom. The Hall–Kier alpha value is -2.20. The Labute approximate surface area is 152 Å². The van der Waals surface area contributed by atoms with Crippen LogP contribution >= 0.6 is 22.9 Å². The molecule has 4 heterocycles. The highest BCUT2D eigenvalue weighted by atomic mass is 32.1. The van der Waals surface area contributed by atoms with Crippen molar-refractivity contribution < 1.29 is 4.79 Å². The van der Waals surface area contributed by atoms with Crippen molar-refractivity contribution in [3.8, 4) is 11.5 Å². The van der Waals surface area contributed by atoms with Gasteiger partial charge in [-0.3, -0.25) is 4.79 Å². The van der Waals surface area contributed by atoms with Gasteiger partial charge in [0.1, 0.15) is 16.4 Å². The highest BCUT2D eigenvalue weighted by Gasteiger charge is 2.24. The molecule has 1 unspecified atom stereocenters. The third-order valence-electron chi connectivity index (χ3n) is 4.29. The molecule has 130 valence electrons. The Bertz CT molecular complexity index is 913. The molecule has 4 rings (SSSR count). The van der Waals surface area contributed by atoms with Crippen molar-refractivity contribution in [2.45, 2.75) is 45.7 Å². The van der Waals surface area contributed by atoms with Crippen LogP contribution in [0.25, 0.3) is 11.5 Å². The number of thiazole rings is 1. The van der Waals surface area contributed by atoms with E-state index in [4.69, 9.17) is 0 Å². The number of fused-ring (bicyclic) bond motifs is 1. The number of hydrogen-bond acceptors (Lipinski definition) is 8. The van der Waals surface area contributed by atoms with E-state index in [0.717, 1.165) is 59.7 Å². The van der Waals surface area contributed by atoms with Crippen molar-refractivity contribution in [1.29, 1.82) is 0 Å². The highest BCUT2D eigenvalue weighted by Crippen LogP contribution is 2.24. The van der Waals surface area contributed by atoms with Gasteiger partial charge < -0.3 is 9.88 Å². The molecule has 0 aromatic carbocycles. The first-order valence-electron chi connectivity index (χ1n) is 8.06. The van der Waals surface area contributed by atoms with Crippen LogP contribution in [0, 0.1) is 13.8 Å². The topological polar surface area (TPSA) is 98.5 Å². The number of carbonyl (C=O) groups is 1. The standard InChI is InChI=1S/C15H17N7OS2/c1-8-13(25-21-18-8)15(23)17-10-3-4-12-19-20-14(22(12)6-5-10)11-7-24-9(2)16-11/h7,10H,3-6H2,1-2H3,(H,17,23). The third kappa shape index (κ3) is 3.19. The van der Waals surface area contributed by atoms with Crippen molar-refractivity contribution in [3.63, 3.8) is 0 Å². The molecule has 1 aliphatic rings. The predicted octanol–water partition coefficient (Wildman–Crippen LogP) is 2.00. The van der Waals surface area contributed by atoms with Gasteiger partial charge in [0.25, 0.3) is 5.91 Å². The maximum Gasteiger partial charge on any atom is 0.265 e. The maximum absolute atomic E-state index is 12.4. The van der Waals surface area contributed by atoms with Crippen LogP contribution in [0.1, 0.15) is 39.0 Å². The number of nitrogens with one attached hydrogen (secondary N) is 1. The maximum atomic E-state index is 12.4. The molecule has 0 saturated carbocycles. The fourth-order valence-corrected chi connectivity index (χ4v) is 4.13. The lowest BCUT2D eigenvalue weighted by Crippen LogP contribution is -2.35. The molecule has 0 fully saturated rings. The third-order valence-corrected chi connectivity index (χ3v) is 5.89. The second-order valence-corrected chi connectivity index (χ2v) is 7.84. The van der Waals surface area contributed by atoms with Crippen LogP contribution in [-0.4, -0.2) is 41.3 Å². The Kier molecular flexibility index (Phi) is 4.30. The van der Waals surface area contributed by atoms with Crippen molar-refractivity contribution in [2.75, 3.05) is 0 Å². The molecule has 0 radical (unpaired) electrons. The van der Waals surface area contributed by atoms with Gasteiger partial charge in [0, 0.05) is 24.4 Å². The molecule has 8 nitrogen and oxygen atoms in total. The van der Waals surface area contributed by atoms with E-state index in [-0.39, 0.29) is 11.9 Å². The number of carbonyl (C=O) groups excluding carboxylic acids is 1. The van der Waals surface area contributed by atoms with Crippen molar-refractivity contribution in [3.05, 3.63) is 26.8 Å². The summed E-state index contributed by atoms with van der Waals surface area (Å²) in [5, 5.41) is 18.7. The average molecular weight is 375 g/mol. The Morgan fingerprint density at radius 1 is 1.28 bits per heavy atom.